The Bertz CT molecular complexity index is 702. The van der Waals surface area contributed by atoms with Crippen molar-refractivity contribution in [2.75, 3.05) is 5.75 Å². The third-order valence-electron chi connectivity index (χ3n) is 2.93. The van der Waals surface area contributed by atoms with Crippen molar-refractivity contribution in [1.29, 1.82) is 0 Å². The molecule has 1 aromatic carbocycles. The Labute approximate surface area is 133 Å². The molecule has 0 fully saturated rings. The number of aryl methyl sites for hydroxylation is 1. The van der Waals surface area contributed by atoms with E-state index in [4.69, 9.17) is 23.2 Å². The maximum Gasteiger partial charge on any atom is 0.213 e. The lowest BCUT2D eigenvalue weighted by molar-refractivity contribution is 0.554. The zero-order valence-corrected chi connectivity index (χ0v) is 13.7. The lowest BCUT2D eigenvalue weighted by atomic mass is 10.1. The Balaban J connectivity index is 2.01. The first-order valence-corrected chi connectivity index (χ1v) is 8.70. The lowest BCUT2D eigenvalue weighted by Crippen LogP contribution is -2.31. The number of hydrogen-bond donors (Lipinski definition) is 1. The van der Waals surface area contributed by atoms with Crippen LogP contribution < -0.4 is 4.72 Å². The van der Waals surface area contributed by atoms with Crippen molar-refractivity contribution in [3.8, 4) is 0 Å². The lowest BCUT2D eigenvalue weighted by Gasteiger charge is -2.16. The highest BCUT2D eigenvalue weighted by molar-refractivity contribution is 7.89. The first-order valence-electron chi connectivity index (χ1n) is 6.30. The summed E-state index contributed by atoms with van der Waals surface area (Å²) in [4.78, 5) is 0. The van der Waals surface area contributed by atoms with Crippen LogP contribution in [0.4, 0.5) is 0 Å². The van der Waals surface area contributed by atoms with Crippen LogP contribution >= 0.6 is 23.2 Å². The van der Waals surface area contributed by atoms with Crippen LogP contribution in [0.2, 0.25) is 10.0 Å². The molecule has 1 heterocycles. The van der Waals surface area contributed by atoms with Crippen LogP contribution in [0, 0.1) is 0 Å². The molecule has 8 heteroatoms. The molecule has 0 unspecified atom stereocenters. The van der Waals surface area contributed by atoms with E-state index in [-0.39, 0.29) is 5.75 Å². The van der Waals surface area contributed by atoms with Crippen LogP contribution in [0.15, 0.2) is 36.7 Å². The van der Waals surface area contributed by atoms with Gasteiger partial charge in [-0.2, -0.15) is 5.10 Å². The average Bonchev–Trinajstić information content (AvgIpc) is 2.88. The molecule has 2 aromatic rings. The molecule has 1 aromatic heterocycles. The minimum atomic E-state index is -3.43. The van der Waals surface area contributed by atoms with Gasteiger partial charge in [0.2, 0.25) is 10.0 Å². The molecule has 0 bridgehead atoms. The fourth-order valence-electron chi connectivity index (χ4n) is 1.89. The minimum absolute atomic E-state index is 0.0514. The molecule has 21 heavy (non-hydrogen) atoms. The molecule has 1 N–H and O–H groups in total. The molecule has 0 amide bonds. The van der Waals surface area contributed by atoms with Crippen molar-refractivity contribution in [1.82, 2.24) is 14.5 Å². The van der Waals surface area contributed by atoms with Crippen molar-refractivity contribution in [3.63, 3.8) is 0 Å². The molecule has 0 aliphatic heterocycles. The summed E-state index contributed by atoms with van der Waals surface area (Å²) in [6.45, 7) is 2.03. The van der Waals surface area contributed by atoms with Gasteiger partial charge in [-0.15, -0.1) is 0 Å². The molecule has 5 nitrogen and oxygen atoms in total. The summed E-state index contributed by atoms with van der Waals surface area (Å²) in [5.74, 6) is -0.0514. The van der Waals surface area contributed by atoms with Crippen LogP contribution in [0.5, 0.6) is 0 Å². The molecule has 0 saturated carbocycles. The topological polar surface area (TPSA) is 64.0 Å². The van der Waals surface area contributed by atoms with Gasteiger partial charge < -0.3 is 0 Å². The largest absolute Gasteiger partial charge is 0.272 e. The fraction of sp³-hybridized carbons (Fsp3) is 0.308. The summed E-state index contributed by atoms with van der Waals surface area (Å²) in [6.07, 6.45) is 3.32. The molecule has 1 atom stereocenters. The molecular formula is C13H15Cl2N3O2S. The van der Waals surface area contributed by atoms with Crippen LogP contribution in [-0.2, 0) is 16.6 Å². The summed E-state index contributed by atoms with van der Waals surface area (Å²) < 4.78 is 28.3. The Morgan fingerprint density at radius 1 is 1.38 bits per heavy atom. The molecule has 0 spiro atoms. The van der Waals surface area contributed by atoms with E-state index in [1.165, 1.54) is 0 Å². The van der Waals surface area contributed by atoms with Gasteiger partial charge in [-0.3, -0.25) is 4.68 Å². The maximum absolute atomic E-state index is 12.1. The number of nitrogens with one attached hydrogen (secondary N) is 1. The zero-order valence-electron chi connectivity index (χ0n) is 11.3. The van der Waals surface area contributed by atoms with Crippen LogP contribution in [0.3, 0.4) is 0 Å². The third-order valence-corrected chi connectivity index (χ3v) is 4.93. The highest BCUT2D eigenvalue weighted by atomic mass is 35.5. The minimum Gasteiger partial charge on any atom is -0.272 e. The molecule has 0 radical (unpaired) electrons. The summed E-state index contributed by atoms with van der Waals surface area (Å²) in [5.41, 5.74) is 0.684. The van der Waals surface area contributed by atoms with Crippen LogP contribution in [0.1, 0.15) is 18.5 Å². The second-order valence-electron chi connectivity index (χ2n) is 4.59. The fourth-order valence-corrected chi connectivity index (χ4v) is 3.67. The van der Waals surface area contributed by atoms with E-state index in [9.17, 15) is 8.42 Å². The second kappa shape index (κ2) is 6.79. The van der Waals surface area contributed by atoms with E-state index in [0.717, 1.165) is 0 Å². The predicted molar refractivity (Wildman–Crippen MR) is 84.0 cm³/mol. The van der Waals surface area contributed by atoms with E-state index in [1.807, 2.05) is 0 Å². The van der Waals surface area contributed by atoms with E-state index < -0.39 is 16.1 Å². The Hall–Kier alpha value is -1.08. The van der Waals surface area contributed by atoms with Crippen molar-refractivity contribution in [2.45, 2.75) is 19.5 Å². The monoisotopic (exact) mass is 347 g/mol. The zero-order chi connectivity index (χ0) is 15.5. The van der Waals surface area contributed by atoms with Gasteiger partial charge in [-0.1, -0.05) is 29.3 Å². The van der Waals surface area contributed by atoms with Gasteiger partial charge in [0.25, 0.3) is 0 Å². The van der Waals surface area contributed by atoms with E-state index in [1.54, 1.807) is 48.3 Å². The number of halogens is 2. The molecule has 0 aliphatic carbocycles. The Morgan fingerprint density at radius 2 is 2.14 bits per heavy atom. The van der Waals surface area contributed by atoms with Crippen molar-refractivity contribution >= 4 is 33.2 Å². The first-order chi connectivity index (χ1) is 9.87. The number of sulfonamides is 1. The first kappa shape index (κ1) is 16.3. The third kappa shape index (κ3) is 4.71. The summed E-state index contributed by atoms with van der Waals surface area (Å²) in [5, 5.41) is 4.92. The molecule has 0 aliphatic rings. The van der Waals surface area contributed by atoms with Crippen molar-refractivity contribution in [2.24, 2.45) is 0 Å². The molecular weight excluding hydrogens is 333 g/mol. The van der Waals surface area contributed by atoms with Crippen LogP contribution in [-0.4, -0.2) is 24.0 Å². The highest BCUT2D eigenvalue weighted by Crippen LogP contribution is 2.26. The molecule has 114 valence electrons. The smallest absolute Gasteiger partial charge is 0.213 e. The average molecular weight is 348 g/mol. The quantitative estimate of drug-likeness (QED) is 0.873. The number of rotatable bonds is 6. The number of hydrogen-bond acceptors (Lipinski definition) is 3. The van der Waals surface area contributed by atoms with Gasteiger partial charge >= 0.3 is 0 Å². The number of nitrogens with zero attached hydrogens (tertiary/aromatic N) is 2. The summed E-state index contributed by atoms with van der Waals surface area (Å²) >= 11 is 11.9. The van der Waals surface area contributed by atoms with Crippen LogP contribution in [0.25, 0.3) is 0 Å². The molecule has 0 saturated heterocycles. The number of benzene rings is 1. The predicted octanol–water partition coefficient (Wildman–Crippen LogP) is 2.87. The van der Waals surface area contributed by atoms with E-state index in [0.29, 0.717) is 22.2 Å². The van der Waals surface area contributed by atoms with Crippen molar-refractivity contribution in [3.05, 3.63) is 52.3 Å². The Morgan fingerprint density at radius 3 is 2.76 bits per heavy atom. The molecule has 2 rings (SSSR count). The second-order valence-corrected chi connectivity index (χ2v) is 7.31. The normalized spacial score (nSPS) is 13.3. The van der Waals surface area contributed by atoms with Gasteiger partial charge in [0, 0.05) is 28.5 Å². The van der Waals surface area contributed by atoms with Crippen molar-refractivity contribution < 1.29 is 8.42 Å². The van der Waals surface area contributed by atoms with Gasteiger partial charge in [0.15, 0.2) is 0 Å². The Kier molecular flexibility index (Phi) is 5.27. The van der Waals surface area contributed by atoms with Gasteiger partial charge in [0.1, 0.15) is 0 Å². The van der Waals surface area contributed by atoms with Gasteiger partial charge in [-0.25, -0.2) is 13.1 Å². The SMILES string of the molecule is C[C@H](NS(=O)(=O)CCn1cccn1)c1ccc(Cl)cc1Cl. The highest BCUT2D eigenvalue weighted by Gasteiger charge is 2.18. The van der Waals surface area contributed by atoms with E-state index in [2.05, 4.69) is 9.82 Å². The van der Waals surface area contributed by atoms with Gasteiger partial charge in [-0.05, 0) is 30.7 Å². The van der Waals surface area contributed by atoms with E-state index >= 15 is 0 Å². The summed E-state index contributed by atoms with van der Waals surface area (Å²) in [6, 6.07) is 6.30. The maximum atomic E-state index is 12.1. The number of aromatic nitrogens is 2. The van der Waals surface area contributed by atoms with Gasteiger partial charge in [0.05, 0.1) is 12.3 Å². The summed E-state index contributed by atoms with van der Waals surface area (Å²) in [7, 11) is -3.43. The standard InChI is InChI=1S/C13H15Cl2N3O2S/c1-10(12-4-3-11(14)9-13(12)15)17-21(19,20)8-7-18-6-2-5-16-18/h2-6,9-10,17H,7-8H2,1H3/t10-/m0/s1.